The molecule has 0 fully saturated rings. The van der Waals surface area contributed by atoms with Crippen LogP contribution in [0.3, 0.4) is 0 Å². The standard InChI is InChI=1S/C21H26N2O5/c1-4-5-12-28-21(25)15-6-8-16(9-7-15)22-14-20(24)23-17-10-11-18(26-2)19(13-17)27-3/h6-11,13,22H,4-5,12,14H2,1-3H3,(H,23,24). The second-order valence-corrected chi connectivity index (χ2v) is 6.04. The van der Waals surface area contributed by atoms with E-state index < -0.39 is 0 Å². The Balaban J connectivity index is 1.85. The summed E-state index contributed by atoms with van der Waals surface area (Å²) in [6.45, 7) is 2.54. The zero-order chi connectivity index (χ0) is 20.4. The number of anilines is 2. The van der Waals surface area contributed by atoms with Gasteiger partial charge in [0.1, 0.15) is 0 Å². The first-order chi connectivity index (χ1) is 13.6. The van der Waals surface area contributed by atoms with Crippen LogP contribution in [0.4, 0.5) is 11.4 Å². The fourth-order valence-corrected chi connectivity index (χ4v) is 2.42. The molecule has 0 aromatic heterocycles. The highest BCUT2D eigenvalue weighted by Gasteiger charge is 2.09. The van der Waals surface area contributed by atoms with Crippen molar-refractivity contribution in [2.75, 3.05) is 38.0 Å². The lowest BCUT2D eigenvalue weighted by atomic mass is 10.2. The topological polar surface area (TPSA) is 85.9 Å². The van der Waals surface area contributed by atoms with Gasteiger partial charge in [-0.2, -0.15) is 0 Å². The van der Waals surface area contributed by atoms with Gasteiger partial charge in [0.15, 0.2) is 11.5 Å². The molecular formula is C21H26N2O5. The second kappa shape index (κ2) is 10.8. The van der Waals surface area contributed by atoms with Crippen molar-refractivity contribution < 1.29 is 23.8 Å². The number of rotatable bonds is 10. The number of unbranched alkanes of at least 4 members (excludes halogenated alkanes) is 1. The molecule has 2 rings (SSSR count). The molecule has 1 amide bonds. The van der Waals surface area contributed by atoms with E-state index in [-0.39, 0.29) is 18.4 Å². The third-order valence-electron chi connectivity index (χ3n) is 3.97. The molecule has 28 heavy (non-hydrogen) atoms. The summed E-state index contributed by atoms with van der Waals surface area (Å²) in [6, 6.07) is 12.0. The van der Waals surface area contributed by atoms with E-state index in [1.54, 1.807) is 49.6 Å². The SMILES string of the molecule is CCCCOC(=O)c1ccc(NCC(=O)Nc2ccc(OC)c(OC)c2)cc1. The van der Waals surface area contributed by atoms with Crippen LogP contribution in [-0.4, -0.2) is 39.2 Å². The number of ether oxygens (including phenoxy) is 3. The first-order valence-electron chi connectivity index (χ1n) is 9.10. The van der Waals surface area contributed by atoms with Crippen LogP contribution in [0.15, 0.2) is 42.5 Å². The van der Waals surface area contributed by atoms with Crippen LogP contribution >= 0.6 is 0 Å². The maximum absolute atomic E-state index is 12.1. The molecule has 0 saturated carbocycles. The quantitative estimate of drug-likeness (QED) is 0.478. The van der Waals surface area contributed by atoms with Crippen molar-refractivity contribution in [2.45, 2.75) is 19.8 Å². The number of carbonyl (C=O) groups excluding carboxylic acids is 2. The Morgan fingerprint density at radius 3 is 2.25 bits per heavy atom. The van der Waals surface area contributed by atoms with Gasteiger partial charge in [0.25, 0.3) is 0 Å². The van der Waals surface area contributed by atoms with E-state index in [0.29, 0.717) is 29.4 Å². The molecule has 0 radical (unpaired) electrons. The number of amides is 1. The minimum Gasteiger partial charge on any atom is -0.493 e. The summed E-state index contributed by atoms with van der Waals surface area (Å²) in [6.07, 6.45) is 1.82. The van der Waals surface area contributed by atoms with Crippen molar-refractivity contribution in [2.24, 2.45) is 0 Å². The summed E-state index contributed by atoms with van der Waals surface area (Å²) >= 11 is 0. The number of benzene rings is 2. The number of nitrogens with one attached hydrogen (secondary N) is 2. The highest BCUT2D eigenvalue weighted by molar-refractivity contribution is 5.94. The summed E-state index contributed by atoms with van der Waals surface area (Å²) in [4.78, 5) is 24.0. The molecular weight excluding hydrogens is 360 g/mol. The highest BCUT2D eigenvalue weighted by Crippen LogP contribution is 2.29. The third-order valence-corrected chi connectivity index (χ3v) is 3.97. The number of carbonyl (C=O) groups is 2. The Morgan fingerprint density at radius 2 is 1.61 bits per heavy atom. The van der Waals surface area contributed by atoms with E-state index in [1.165, 1.54) is 7.11 Å². The van der Waals surface area contributed by atoms with Crippen molar-refractivity contribution in [1.82, 2.24) is 0 Å². The largest absolute Gasteiger partial charge is 0.493 e. The molecule has 150 valence electrons. The van der Waals surface area contributed by atoms with Gasteiger partial charge in [-0.15, -0.1) is 0 Å². The average Bonchev–Trinajstić information content (AvgIpc) is 2.72. The van der Waals surface area contributed by atoms with Crippen LogP contribution in [-0.2, 0) is 9.53 Å². The lowest BCUT2D eigenvalue weighted by Crippen LogP contribution is -2.21. The lowest BCUT2D eigenvalue weighted by molar-refractivity contribution is -0.114. The molecule has 0 aliphatic heterocycles. The fraction of sp³-hybridized carbons (Fsp3) is 0.333. The van der Waals surface area contributed by atoms with Gasteiger partial charge in [-0.05, 0) is 42.8 Å². The monoisotopic (exact) mass is 386 g/mol. The third kappa shape index (κ3) is 6.19. The molecule has 7 nitrogen and oxygen atoms in total. The Morgan fingerprint density at radius 1 is 0.929 bits per heavy atom. The number of hydrogen-bond acceptors (Lipinski definition) is 6. The van der Waals surface area contributed by atoms with Crippen molar-refractivity contribution in [3.8, 4) is 11.5 Å². The average molecular weight is 386 g/mol. The molecule has 2 aromatic rings. The molecule has 2 N–H and O–H groups in total. The maximum atomic E-state index is 12.1. The first kappa shape index (κ1) is 21.1. The molecule has 0 spiro atoms. The minimum absolute atomic E-state index is 0.0780. The summed E-state index contributed by atoms with van der Waals surface area (Å²) in [5.74, 6) is 0.572. The van der Waals surface area contributed by atoms with Crippen molar-refractivity contribution in [3.63, 3.8) is 0 Å². The van der Waals surface area contributed by atoms with E-state index in [0.717, 1.165) is 18.5 Å². The Hall–Kier alpha value is -3.22. The first-order valence-corrected chi connectivity index (χ1v) is 9.10. The summed E-state index contributed by atoms with van der Waals surface area (Å²) in [5, 5.41) is 5.80. The molecule has 2 aromatic carbocycles. The predicted octanol–water partition coefficient (Wildman–Crippen LogP) is 3.71. The van der Waals surface area contributed by atoms with Crippen molar-refractivity contribution in [3.05, 3.63) is 48.0 Å². The lowest BCUT2D eigenvalue weighted by Gasteiger charge is -2.11. The van der Waals surface area contributed by atoms with Gasteiger partial charge in [-0.1, -0.05) is 13.3 Å². The summed E-state index contributed by atoms with van der Waals surface area (Å²) < 4.78 is 15.6. The van der Waals surface area contributed by atoms with Gasteiger partial charge in [-0.3, -0.25) is 4.79 Å². The minimum atomic E-state index is -0.341. The predicted molar refractivity (Wildman–Crippen MR) is 108 cm³/mol. The van der Waals surface area contributed by atoms with Crippen molar-refractivity contribution >= 4 is 23.3 Å². The molecule has 0 aliphatic rings. The molecule has 7 heteroatoms. The van der Waals surface area contributed by atoms with E-state index in [9.17, 15) is 9.59 Å². The zero-order valence-corrected chi connectivity index (χ0v) is 16.4. The van der Waals surface area contributed by atoms with E-state index >= 15 is 0 Å². The van der Waals surface area contributed by atoms with E-state index in [1.807, 2.05) is 6.92 Å². The van der Waals surface area contributed by atoms with Crippen LogP contribution in [0.1, 0.15) is 30.1 Å². The van der Waals surface area contributed by atoms with Gasteiger partial charge in [-0.25, -0.2) is 4.79 Å². The maximum Gasteiger partial charge on any atom is 0.338 e. The van der Waals surface area contributed by atoms with Gasteiger partial charge < -0.3 is 24.8 Å². The number of hydrogen-bond donors (Lipinski definition) is 2. The molecule has 0 aliphatic carbocycles. The Bertz CT molecular complexity index is 790. The van der Waals surface area contributed by atoms with Crippen LogP contribution in [0.5, 0.6) is 11.5 Å². The van der Waals surface area contributed by atoms with Crippen LogP contribution in [0.2, 0.25) is 0 Å². The Labute approximate surface area is 165 Å². The summed E-state index contributed by atoms with van der Waals surface area (Å²) in [5.41, 5.74) is 1.82. The smallest absolute Gasteiger partial charge is 0.338 e. The second-order valence-electron chi connectivity index (χ2n) is 6.04. The number of methoxy groups -OCH3 is 2. The van der Waals surface area contributed by atoms with Crippen LogP contribution in [0, 0.1) is 0 Å². The van der Waals surface area contributed by atoms with Gasteiger partial charge in [0.2, 0.25) is 5.91 Å². The molecule has 0 atom stereocenters. The van der Waals surface area contributed by atoms with Crippen LogP contribution < -0.4 is 20.1 Å². The Kier molecular flexibility index (Phi) is 8.14. The van der Waals surface area contributed by atoms with E-state index in [4.69, 9.17) is 14.2 Å². The zero-order valence-electron chi connectivity index (χ0n) is 16.4. The van der Waals surface area contributed by atoms with Crippen molar-refractivity contribution in [1.29, 1.82) is 0 Å². The normalized spacial score (nSPS) is 10.1. The molecule has 0 saturated heterocycles. The fourth-order valence-electron chi connectivity index (χ4n) is 2.42. The number of esters is 1. The van der Waals surface area contributed by atoms with Gasteiger partial charge in [0.05, 0.1) is 32.9 Å². The molecule has 0 unspecified atom stereocenters. The molecule has 0 heterocycles. The van der Waals surface area contributed by atoms with Crippen LogP contribution in [0.25, 0.3) is 0 Å². The summed E-state index contributed by atoms with van der Waals surface area (Å²) in [7, 11) is 3.09. The van der Waals surface area contributed by atoms with Gasteiger partial charge in [0, 0.05) is 17.4 Å². The van der Waals surface area contributed by atoms with E-state index in [2.05, 4.69) is 10.6 Å². The van der Waals surface area contributed by atoms with Gasteiger partial charge >= 0.3 is 5.97 Å². The molecule has 0 bridgehead atoms. The highest BCUT2D eigenvalue weighted by atomic mass is 16.5.